The lowest BCUT2D eigenvalue weighted by atomic mass is 9.88. The van der Waals surface area contributed by atoms with Crippen LogP contribution in [0.25, 0.3) is 0 Å². The van der Waals surface area contributed by atoms with Gasteiger partial charge in [0.05, 0.1) is 0 Å². The Morgan fingerprint density at radius 2 is 2.00 bits per heavy atom. The molecule has 0 radical (unpaired) electrons. The molecule has 0 unspecified atom stereocenters. The normalized spacial score (nSPS) is 24.1. The second kappa shape index (κ2) is 3.45. The van der Waals surface area contributed by atoms with E-state index in [9.17, 15) is 0 Å². The molecular weight excluding hydrogens is 170 g/mol. The highest BCUT2D eigenvalue weighted by molar-refractivity contribution is 5.16. The number of nitrogens with zero attached hydrogens (tertiary/aromatic N) is 1. The fraction of sp³-hybridized carbons (Fsp3) is 0.692. The number of rotatable bonds is 2. The molecule has 1 heterocycles. The number of hydrogen-bond acceptors (Lipinski definition) is 1. The maximum atomic E-state index is 4.17. The second-order valence-corrected chi connectivity index (χ2v) is 5.16. The molecule has 14 heavy (non-hydrogen) atoms. The van der Waals surface area contributed by atoms with Crippen LogP contribution >= 0.6 is 0 Å². The first-order chi connectivity index (χ1) is 6.63. The summed E-state index contributed by atoms with van der Waals surface area (Å²) >= 11 is 0. The zero-order valence-electron chi connectivity index (χ0n) is 9.42. The average molecular weight is 191 g/mol. The van der Waals surface area contributed by atoms with Crippen molar-refractivity contribution in [2.24, 2.45) is 11.3 Å². The van der Waals surface area contributed by atoms with Crippen LogP contribution in [0.5, 0.6) is 0 Å². The summed E-state index contributed by atoms with van der Waals surface area (Å²) in [4.78, 5) is 2.36. The molecule has 0 amide bonds. The minimum Gasteiger partial charge on any atom is -0.351 e. The highest BCUT2D eigenvalue weighted by Crippen LogP contribution is 2.44. The van der Waals surface area contributed by atoms with Gasteiger partial charge in [0.1, 0.15) is 0 Å². The van der Waals surface area contributed by atoms with Crippen LogP contribution in [0, 0.1) is 11.3 Å². The lowest BCUT2D eigenvalue weighted by Crippen LogP contribution is -2.26. The van der Waals surface area contributed by atoms with Crippen LogP contribution in [0.2, 0.25) is 0 Å². The summed E-state index contributed by atoms with van der Waals surface area (Å²) in [5, 5.41) is 0. The van der Waals surface area contributed by atoms with Gasteiger partial charge in [-0.1, -0.05) is 39.3 Å². The van der Waals surface area contributed by atoms with Gasteiger partial charge in [-0.2, -0.15) is 0 Å². The summed E-state index contributed by atoms with van der Waals surface area (Å²) in [5.74, 6) is 0.566. The van der Waals surface area contributed by atoms with Gasteiger partial charge in [-0.15, -0.1) is 0 Å². The number of hydrogen-bond donors (Lipinski definition) is 0. The zero-order valence-corrected chi connectivity index (χ0v) is 9.42. The van der Waals surface area contributed by atoms with E-state index in [0.29, 0.717) is 11.3 Å². The van der Waals surface area contributed by atoms with E-state index in [4.69, 9.17) is 0 Å². The standard InChI is InChI=1S/C13H21N/c1-11(2)12(3)14-9-8-13(10-14)6-4-5-7-13/h8-9,11H,3-7,10H2,1-2H3. The van der Waals surface area contributed by atoms with Gasteiger partial charge < -0.3 is 4.90 Å². The molecule has 1 nitrogen and oxygen atoms in total. The molecule has 0 saturated heterocycles. The van der Waals surface area contributed by atoms with Gasteiger partial charge in [0.15, 0.2) is 0 Å². The van der Waals surface area contributed by atoms with Crippen LogP contribution in [0.1, 0.15) is 39.5 Å². The zero-order chi connectivity index (χ0) is 10.2. The molecule has 1 aliphatic carbocycles. The molecule has 0 atom stereocenters. The van der Waals surface area contributed by atoms with E-state index in [2.05, 4.69) is 37.6 Å². The monoisotopic (exact) mass is 191 g/mol. The average Bonchev–Trinajstić information content (AvgIpc) is 2.76. The van der Waals surface area contributed by atoms with Crippen LogP contribution in [0.15, 0.2) is 24.6 Å². The van der Waals surface area contributed by atoms with Gasteiger partial charge in [-0.3, -0.25) is 0 Å². The third-order valence-corrected chi connectivity index (χ3v) is 3.73. The Bertz CT molecular complexity index is 256. The molecule has 0 aromatic carbocycles. The molecule has 0 bridgehead atoms. The molecular formula is C13H21N. The maximum Gasteiger partial charge on any atom is 0.0313 e. The maximum absolute atomic E-state index is 4.17. The predicted octanol–water partition coefficient (Wildman–Crippen LogP) is 3.55. The fourth-order valence-corrected chi connectivity index (χ4v) is 2.63. The Morgan fingerprint density at radius 1 is 1.36 bits per heavy atom. The topological polar surface area (TPSA) is 3.24 Å². The van der Waals surface area contributed by atoms with Crippen LogP contribution in [-0.2, 0) is 0 Å². The van der Waals surface area contributed by atoms with Gasteiger partial charge in [-0.05, 0) is 18.8 Å². The Labute approximate surface area is 87.5 Å². The molecule has 1 saturated carbocycles. The first-order valence-electron chi connectivity index (χ1n) is 5.78. The van der Waals surface area contributed by atoms with Gasteiger partial charge >= 0.3 is 0 Å². The van der Waals surface area contributed by atoms with Crippen molar-refractivity contribution < 1.29 is 0 Å². The van der Waals surface area contributed by atoms with E-state index in [1.165, 1.54) is 37.9 Å². The van der Waals surface area contributed by atoms with Crippen LogP contribution in [0.4, 0.5) is 0 Å². The Hall–Kier alpha value is -0.720. The summed E-state index contributed by atoms with van der Waals surface area (Å²) in [6.07, 6.45) is 10.3. The summed E-state index contributed by atoms with van der Waals surface area (Å²) in [5.41, 5.74) is 1.78. The first kappa shape index (κ1) is 9.82. The van der Waals surface area contributed by atoms with Crippen molar-refractivity contribution in [1.29, 1.82) is 0 Å². The molecule has 1 heteroatoms. The van der Waals surface area contributed by atoms with Crippen LogP contribution < -0.4 is 0 Å². The summed E-state index contributed by atoms with van der Waals surface area (Å²) in [6, 6.07) is 0. The van der Waals surface area contributed by atoms with Crippen LogP contribution in [-0.4, -0.2) is 11.4 Å². The van der Waals surface area contributed by atoms with Crippen molar-refractivity contribution in [1.82, 2.24) is 4.90 Å². The molecule has 1 fully saturated rings. The molecule has 78 valence electrons. The lowest BCUT2D eigenvalue weighted by molar-refractivity contribution is 0.308. The minimum absolute atomic E-state index is 0.512. The Balaban J connectivity index is 2.02. The van der Waals surface area contributed by atoms with E-state index < -0.39 is 0 Å². The molecule has 0 aromatic heterocycles. The van der Waals surface area contributed by atoms with E-state index in [1.807, 2.05) is 0 Å². The molecule has 0 N–H and O–H groups in total. The van der Waals surface area contributed by atoms with E-state index in [1.54, 1.807) is 0 Å². The number of allylic oxidation sites excluding steroid dienone is 1. The van der Waals surface area contributed by atoms with Crippen molar-refractivity contribution in [2.45, 2.75) is 39.5 Å². The predicted molar refractivity (Wildman–Crippen MR) is 60.7 cm³/mol. The summed E-state index contributed by atoms with van der Waals surface area (Å²) < 4.78 is 0. The van der Waals surface area contributed by atoms with Crippen molar-refractivity contribution in [3.63, 3.8) is 0 Å². The fourth-order valence-electron chi connectivity index (χ4n) is 2.63. The Morgan fingerprint density at radius 3 is 2.57 bits per heavy atom. The van der Waals surface area contributed by atoms with Crippen molar-refractivity contribution in [3.8, 4) is 0 Å². The highest BCUT2D eigenvalue weighted by atomic mass is 15.1. The van der Waals surface area contributed by atoms with Crippen molar-refractivity contribution in [3.05, 3.63) is 24.6 Å². The third-order valence-electron chi connectivity index (χ3n) is 3.73. The molecule has 0 aromatic rings. The van der Waals surface area contributed by atoms with E-state index in [-0.39, 0.29) is 0 Å². The molecule has 2 rings (SSSR count). The molecule has 1 aliphatic heterocycles. The SMILES string of the molecule is C=C(C(C)C)N1C=CC2(CCCC2)C1. The van der Waals surface area contributed by atoms with Crippen molar-refractivity contribution in [2.75, 3.05) is 6.54 Å². The van der Waals surface area contributed by atoms with Gasteiger partial charge in [-0.25, -0.2) is 0 Å². The van der Waals surface area contributed by atoms with Crippen molar-refractivity contribution >= 4 is 0 Å². The van der Waals surface area contributed by atoms with Gasteiger partial charge in [0, 0.05) is 23.9 Å². The Kier molecular flexibility index (Phi) is 2.42. The lowest BCUT2D eigenvalue weighted by Gasteiger charge is -2.27. The largest absolute Gasteiger partial charge is 0.351 e. The van der Waals surface area contributed by atoms with E-state index >= 15 is 0 Å². The van der Waals surface area contributed by atoms with Gasteiger partial charge in [0.2, 0.25) is 0 Å². The molecule has 1 spiro atoms. The van der Waals surface area contributed by atoms with Crippen LogP contribution in [0.3, 0.4) is 0 Å². The quantitative estimate of drug-likeness (QED) is 0.645. The smallest absolute Gasteiger partial charge is 0.0313 e. The van der Waals surface area contributed by atoms with E-state index in [0.717, 1.165) is 0 Å². The van der Waals surface area contributed by atoms with Gasteiger partial charge in [0.25, 0.3) is 0 Å². The second-order valence-electron chi connectivity index (χ2n) is 5.16. The highest BCUT2D eigenvalue weighted by Gasteiger charge is 2.36. The summed E-state index contributed by atoms with van der Waals surface area (Å²) in [7, 11) is 0. The third kappa shape index (κ3) is 1.60. The minimum atomic E-state index is 0.512. The first-order valence-corrected chi connectivity index (χ1v) is 5.78. The summed E-state index contributed by atoms with van der Waals surface area (Å²) in [6.45, 7) is 9.79. The molecule has 2 aliphatic rings.